The predicted molar refractivity (Wildman–Crippen MR) is 82.3 cm³/mol. The predicted octanol–water partition coefficient (Wildman–Crippen LogP) is 2.41. The molecule has 21 heavy (non-hydrogen) atoms. The van der Waals surface area contributed by atoms with Crippen LogP contribution in [0.15, 0.2) is 28.5 Å². The van der Waals surface area contributed by atoms with Crippen LogP contribution in [0.1, 0.15) is 24.5 Å². The molecule has 0 radical (unpaired) electrons. The number of methoxy groups -OCH3 is 1. The van der Waals surface area contributed by atoms with Crippen molar-refractivity contribution in [2.24, 2.45) is 0 Å². The molecule has 1 aliphatic rings. The molecule has 0 spiro atoms. The molecular formula is C13H15N3O3S2. The minimum atomic E-state index is -3.74. The summed E-state index contributed by atoms with van der Waals surface area (Å²) in [5.74, 6) is 1.00. The molecule has 1 aromatic heterocycles. The number of anilines is 2. The molecule has 1 aliphatic carbocycles. The first-order chi connectivity index (χ1) is 9.99. The molecule has 112 valence electrons. The van der Waals surface area contributed by atoms with E-state index in [1.807, 2.05) is 5.38 Å². The number of nitrogen functional groups attached to an aromatic ring is 1. The SMILES string of the molecule is COc1ccc(S(=O)(=O)Nc2nc(C3CC3)cs2)c(N)c1. The molecule has 0 amide bonds. The molecule has 3 rings (SSSR count). The smallest absolute Gasteiger partial charge is 0.265 e. The maximum atomic E-state index is 12.4. The van der Waals surface area contributed by atoms with Crippen molar-refractivity contribution in [3.8, 4) is 5.75 Å². The fourth-order valence-corrected chi connectivity index (χ4v) is 4.13. The Bertz CT molecular complexity index is 767. The van der Waals surface area contributed by atoms with E-state index >= 15 is 0 Å². The number of ether oxygens (including phenoxy) is 1. The fraction of sp³-hybridized carbons (Fsp3) is 0.308. The van der Waals surface area contributed by atoms with Gasteiger partial charge in [0.15, 0.2) is 5.13 Å². The average molecular weight is 325 g/mol. The molecule has 0 atom stereocenters. The van der Waals surface area contributed by atoms with Crippen LogP contribution >= 0.6 is 11.3 Å². The van der Waals surface area contributed by atoms with Crippen molar-refractivity contribution < 1.29 is 13.2 Å². The molecule has 3 N–H and O–H groups in total. The van der Waals surface area contributed by atoms with E-state index in [0.29, 0.717) is 16.8 Å². The summed E-state index contributed by atoms with van der Waals surface area (Å²) < 4.78 is 32.2. The van der Waals surface area contributed by atoms with Gasteiger partial charge in [0.25, 0.3) is 10.0 Å². The standard InChI is InChI=1S/C13H15N3O3S2/c1-19-9-4-5-12(10(14)6-9)21(17,18)16-13-15-11(7-20-13)8-2-3-8/h4-8H,2-3,14H2,1H3,(H,15,16). The number of hydrogen-bond donors (Lipinski definition) is 2. The molecule has 2 aromatic rings. The second kappa shape index (κ2) is 5.19. The quantitative estimate of drug-likeness (QED) is 0.823. The van der Waals surface area contributed by atoms with Gasteiger partial charge in [-0.05, 0) is 25.0 Å². The van der Waals surface area contributed by atoms with Crippen molar-refractivity contribution >= 4 is 32.2 Å². The number of sulfonamides is 1. The number of nitrogens with zero attached hydrogens (tertiary/aromatic N) is 1. The average Bonchev–Trinajstić information content (AvgIpc) is 3.19. The molecule has 1 heterocycles. The summed E-state index contributed by atoms with van der Waals surface area (Å²) in [5, 5.41) is 2.26. The van der Waals surface area contributed by atoms with Gasteiger partial charge in [0.1, 0.15) is 10.6 Å². The van der Waals surface area contributed by atoms with Crippen LogP contribution in [0.2, 0.25) is 0 Å². The summed E-state index contributed by atoms with van der Waals surface area (Å²) in [6, 6.07) is 4.46. The highest BCUT2D eigenvalue weighted by Gasteiger charge is 2.27. The minimum absolute atomic E-state index is 0.0199. The van der Waals surface area contributed by atoms with Crippen LogP contribution in [0.25, 0.3) is 0 Å². The lowest BCUT2D eigenvalue weighted by atomic mass is 10.3. The third-order valence-electron chi connectivity index (χ3n) is 3.25. The number of nitrogens with two attached hydrogens (primary N) is 1. The Hall–Kier alpha value is -1.80. The number of rotatable bonds is 5. The molecule has 1 saturated carbocycles. The molecule has 0 aliphatic heterocycles. The highest BCUT2D eigenvalue weighted by atomic mass is 32.2. The maximum Gasteiger partial charge on any atom is 0.265 e. The first-order valence-corrected chi connectivity index (χ1v) is 8.77. The first-order valence-electron chi connectivity index (χ1n) is 6.41. The molecule has 8 heteroatoms. The van der Waals surface area contributed by atoms with Gasteiger partial charge < -0.3 is 10.5 Å². The van der Waals surface area contributed by atoms with E-state index in [-0.39, 0.29) is 10.6 Å². The van der Waals surface area contributed by atoms with Gasteiger partial charge in [-0.3, -0.25) is 4.72 Å². The lowest BCUT2D eigenvalue weighted by Crippen LogP contribution is -2.14. The van der Waals surface area contributed by atoms with E-state index in [1.54, 1.807) is 6.07 Å². The summed E-state index contributed by atoms with van der Waals surface area (Å²) in [7, 11) is -2.25. The molecule has 1 fully saturated rings. The van der Waals surface area contributed by atoms with Crippen LogP contribution in [-0.4, -0.2) is 20.5 Å². The minimum Gasteiger partial charge on any atom is -0.497 e. The lowest BCUT2D eigenvalue weighted by Gasteiger charge is -2.09. The zero-order valence-electron chi connectivity index (χ0n) is 11.4. The molecule has 6 nitrogen and oxygen atoms in total. The first kappa shape index (κ1) is 14.2. The number of hydrogen-bond acceptors (Lipinski definition) is 6. The molecule has 0 bridgehead atoms. The number of nitrogens with one attached hydrogen (secondary N) is 1. The second-order valence-electron chi connectivity index (χ2n) is 4.86. The Labute approximate surface area is 127 Å². The van der Waals surface area contributed by atoms with Gasteiger partial charge >= 0.3 is 0 Å². The van der Waals surface area contributed by atoms with Crippen LogP contribution in [-0.2, 0) is 10.0 Å². The zero-order valence-corrected chi connectivity index (χ0v) is 13.0. The van der Waals surface area contributed by atoms with E-state index in [1.165, 1.54) is 30.6 Å². The Morgan fingerprint density at radius 3 is 2.81 bits per heavy atom. The van der Waals surface area contributed by atoms with Crippen LogP contribution in [0.4, 0.5) is 10.8 Å². The Balaban J connectivity index is 1.85. The van der Waals surface area contributed by atoms with Gasteiger partial charge in [0.2, 0.25) is 0 Å². The number of aromatic nitrogens is 1. The van der Waals surface area contributed by atoms with Crippen LogP contribution < -0.4 is 15.2 Å². The molecule has 1 aromatic carbocycles. The van der Waals surface area contributed by atoms with Crippen molar-refractivity contribution in [3.63, 3.8) is 0 Å². The van der Waals surface area contributed by atoms with Gasteiger partial charge in [0.05, 0.1) is 18.5 Å². The van der Waals surface area contributed by atoms with Crippen LogP contribution in [0, 0.1) is 0 Å². The summed E-state index contributed by atoms with van der Waals surface area (Å²) >= 11 is 1.29. The summed E-state index contributed by atoms with van der Waals surface area (Å²) in [6.45, 7) is 0. The van der Waals surface area contributed by atoms with Crippen LogP contribution in [0.3, 0.4) is 0 Å². The normalized spacial score (nSPS) is 14.9. The largest absolute Gasteiger partial charge is 0.497 e. The topological polar surface area (TPSA) is 94.3 Å². The Morgan fingerprint density at radius 1 is 1.43 bits per heavy atom. The van der Waals surface area contributed by atoms with Crippen molar-refractivity contribution in [2.75, 3.05) is 17.6 Å². The van der Waals surface area contributed by atoms with E-state index in [9.17, 15) is 8.42 Å². The lowest BCUT2D eigenvalue weighted by molar-refractivity contribution is 0.414. The van der Waals surface area contributed by atoms with Gasteiger partial charge in [-0.1, -0.05) is 0 Å². The Morgan fingerprint density at radius 2 is 2.19 bits per heavy atom. The van der Waals surface area contributed by atoms with Gasteiger partial charge in [-0.15, -0.1) is 11.3 Å². The van der Waals surface area contributed by atoms with Crippen molar-refractivity contribution in [3.05, 3.63) is 29.3 Å². The highest BCUT2D eigenvalue weighted by molar-refractivity contribution is 7.93. The van der Waals surface area contributed by atoms with E-state index in [4.69, 9.17) is 10.5 Å². The third-order valence-corrected chi connectivity index (χ3v) is 5.56. The highest BCUT2D eigenvalue weighted by Crippen LogP contribution is 2.41. The van der Waals surface area contributed by atoms with Gasteiger partial charge in [0, 0.05) is 17.4 Å². The monoisotopic (exact) mass is 325 g/mol. The summed E-state index contributed by atoms with van der Waals surface area (Å²) in [6.07, 6.45) is 2.25. The summed E-state index contributed by atoms with van der Waals surface area (Å²) in [4.78, 5) is 4.33. The van der Waals surface area contributed by atoms with Crippen LogP contribution in [0.5, 0.6) is 5.75 Å². The molecule has 0 saturated heterocycles. The Kier molecular flexibility index (Phi) is 3.50. The van der Waals surface area contributed by atoms with E-state index in [0.717, 1.165) is 18.5 Å². The second-order valence-corrected chi connectivity index (χ2v) is 7.37. The zero-order chi connectivity index (χ0) is 15.0. The fourth-order valence-electron chi connectivity index (χ4n) is 1.97. The maximum absolute atomic E-state index is 12.4. The third kappa shape index (κ3) is 2.96. The molecule has 0 unspecified atom stereocenters. The number of benzene rings is 1. The van der Waals surface area contributed by atoms with Crippen molar-refractivity contribution in [1.82, 2.24) is 4.98 Å². The van der Waals surface area contributed by atoms with Crippen molar-refractivity contribution in [1.29, 1.82) is 0 Å². The summed E-state index contributed by atoms with van der Waals surface area (Å²) in [5.41, 5.74) is 6.88. The molecular weight excluding hydrogens is 310 g/mol. The van der Waals surface area contributed by atoms with E-state index in [2.05, 4.69) is 9.71 Å². The van der Waals surface area contributed by atoms with Crippen molar-refractivity contribution in [2.45, 2.75) is 23.7 Å². The number of thiazole rings is 1. The van der Waals surface area contributed by atoms with Gasteiger partial charge in [-0.25, -0.2) is 13.4 Å². The van der Waals surface area contributed by atoms with E-state index < -0.39 is 10.0 Å². The van der Waals surface area contributed by atoms with Gasteiger partial charge in [-0.2, -0.15) is 0 Å².